The van der Waals surface area contributed by atoms with Crippen LogP contribution >= 0.6 is 0 Å². The van der Waals surface area contributed by atoms with Crippen LogP contribution in [0.5, 0.6) is 0 Å². The molecular weight excluding hydrogens is 203 g/mol. The average Bonchev–Trinajstić information content (AvgIpc) is 2.21. The van der Waals surface area contributed by atoms with Crippen LogP contribution < -0.4 is 5.73 Å². The van der Waals surface area contributed by atoms with Gasteiger partial charge in [0.05, 0.1) is 0 Å². The van der Waals surface area contributed by atoms with Gasteiger partial charge in [0.2, 0.25) is 0 Å². The van der Waals surface area contributed by atoms with Crippen molar-refractivity contribution >= 4 is 0 Å². The van der Waals surface area contributed by atoms with E-state index in [1.54, 1.807) is 6.07 Å². The van der Waals surface area contributed by atoms with Gasteiger partial charge in [0, 0.05) is 18.7 Å². The third-order valence-electron chi connectivity index (χ3n) is 2.65. The predicted octanol–water partition coefficient (Wildman–Crippen LogP) is 2.24. The van der Waals surface area contributed by atoms with E-state index >= 15 is 0 Å². The maximum atomic E-state index is 13.4. The van der Waals surface area contributed by atoms with Crippen molar-refractivity contribution in [2.75, 3.05) is 20.1 Å². The Morgan fingerprint density at radius 3 is 2.50 bits per heavy atom. The summed E-state index contributed by atoms with van der Waals surface area (Å²) in [5.41, 5.74) is 6.48. The number of hydrogen-bond acceptors (Lipinski definition) is 2. The zero-order chi connectivity index (χ0) is 12.2. The number of halogens is 1. The van der Waals surface area contributed by atoms with Crippen LogP contribution in [0.3, 0.4) is 0 Å². The summed E-state index contributed by atoms with van der Waals surface area (Å²) in [6.07, 6.45) is 0. The summed E-state index contributed by atoms with van der Waals surface area (Å²) in [7, 11) is 1.99. The summed E-state index contributed by atoms with van der Waals surface area (Å²) < 4.78 is 13.4. The highest BCUT2D eigenvalue weighted by Crippen LogP contribution is 2.16. The normalized spacial score (nSPS) is 12.1. The Labute approximate surface area is 97.3 Å². The molecule has 0 atom stereocenters. The molecule has 1 aromatic rings. The first-order valence-corrected chi connectivity index (χ1v) is 5.56. The molecule has 0 spiro atoms. The lowest BCUT2D eigenvalue weighted by atomic mass is 9.93. The van der Waals surface area contributed by atoms with Crippen LogP contribution in [0.4, 0.5) is 4.39 Å². The molecule has 0 aromatic heterocycles. The lowest BCUT2D eigenvalue weighted by molar-refractivity contribution is 0.208. The Morgan fingerprint density at radius 2 is 1.94 bits per heavy atom. The van der Waals surface area contributed by atoms with Gasteiger partial charge in [-0.05, 0) is 25.1 Å². The van der Waals surface area contributed by atoms with Crippen LogP contribution in [-0.4, -0.2) is 25.0 Å². The summed E-state index contributed by atoms with van der Waals surface area (Å²) in [6, 6.07) is 6.89. The van der Waals surface area contributed by atoms with Crippen LogP contribution in [-0.2, 0) is 6.54 Å². The minimum Gasteiger partial charge on any atom is -0.330 e. The minimum atomic E-state index is -0.139. The van der Waals surface area contributed by atoms with E-state index in [1.807, 2.05) is 19.2 Å². The Kier molecular flexibility index (Phi) is 4.44. The van der Waals surface area contributed by atoms with Gasteiger partial charge in [0.15, 0.2) is 0 Å². The van der Waals surface area contributed by atoms with Crippen molar-refractivity contribution in [2.45, 2.75) is 20.4 Å². The van der Waals surface area contributed by atoms with Crippen LogP contribution in [0.2, 0.25) is 0 Å². The van der Waals surface area contributed by atoms with Gasteiger partial charge in [-0.2, -0.15) is 0 Å². The van der Waals surface area contributed by atoms with Crippen molar-refractivity contribution in [3.63, 3.8) is 0 Å². The highest BCUT2D eigenvalue weighted by molar-refractivity contribution is 5.17. The van der Waals surface area contributed by atoms with Crippen LogP contribution in [0.15, 0.2) is 24.3 Å². The second kappa shape index (κ2) is 5.41. The van der Waals surface area contributed by atoms with E-state index in [9.17, 15) is 4.39 Å². The van der Waals surface area contributed by atoms with Crippen molar-refractivity contribution in [3.8, 4) is 0 Å². The summed E-state index contributed by atoms with van der Waals surface area (Å²) >= 11 is 0. The molecule has 0 amide bonds. The zero-order valence-electron chi connectivity index (χ0n) is 10.3. The Balaban J connectivity index is 2.58. The zero-order valence-corrected chi connectivity index (χ0v) is 10.3. The summed E-state index contributed by atoms with van der Waals surface area (Å²) in [4.78, 5) is 2.10. The van der Waals surface area contributed by atoms with E-state index in [-0.39, 0.29) is 11.2 Å². The largest absolute Gasteiger partial charge is 0.330 e. The third kappa shape index (κ3) is 3.91. The topological polar surface area (TPSA) is 29.3 Å². The Bertz CT molecular complexity index is 336. The minimum absolute atomic E-state index is 0.0695. The predicted molar refractivity (Wildman–Crippen MR) is 65.6 cm³/mol. The molecule has 0 heterocycles. The molecule has 3 heteroatoms. The molecule has 0 aliphatic carbocycles. The lowest BCUT2D eigenvalue weighted by Gasteiger charge is -2.29. The molecule has 0 saturated heterocycles. The third-order valence-corrected chi connectivity index (χ3v) is 2.65. The molecular formula is C13H21FN2. The fourth-order valence-electron chi connectivity index (χ4n) is 1.77. The van der Waals surface area contributed by atoms with E-state index in [4.69, 9.17) is 5.73 Å². The van der Waals surface area contributed by atoms with Gasteiger partial charge in [-0.25, -0.2) is 4.39 Å². The Morgan fingerprint density at radius 1 is 1.31 bits per heavy atom. The van der Waals surface area contributed by atoms with Gasteiger partial charge in [-0.15, -0.1) is 0 Å². The summed E-state index contributed by atoms with van der Waals surface area (Å²) in [6.45, 7) is 6.35. The molecule has 0 aliphatic rings. The van der Waals surface area contributed by atoms with E-state index in [0.29, 0.717) is 13.1 Å². The lowest BCUT2D eigenvalue weighted by Crippen LogP contribution is -2.36. The van der Waals surface area contributed by atoms with Gasteiger partial charge in [-0.1, -0.05) is 32.0 Å². The molecule has 0 saturated carbocycles. The fourth-order valence-corrected chi connectivity index (χ4v) is 1.77. The van der Waals surface area contributed by atoms with Gasteiger partial charge >= 0.3 is 0 Å². The quantitative estimate of drug-likeness (QED) is 0.831. The van der Waals surface area contributed by atoms with E-state index in [2.05, 4.69) is 18.7 Å². The number of nitrogens with zero attached hydrogens (tertiary/aromatic N) is 1. The number of benzene rings is 1. The maximum absolute atomic E-state index is 13.4. The molecule has 1 rings (SSSR count). The number of hydrogen-bond donors (Lipinski definition) is 1. The molecule has 0 aliphatic heterocycles. The molecule has 90 valence electrons. The molecule has 0 bridgehead atoms. The van der Waals surface area contributed by atoms with Crippen LogP contribution in [0.25, 0.3) is 0 Å². The molecule has 16 heavy (non-hydrogen) atoms. The van der Waals surface area contributed by atoms with Crippen molar-refractivity contribution in [3.05, 3.63) is 35.6 Å². The van der Waals surface area contributed by atoms with Crippen molar-refractivity contribution in [1.29, 1.82) is 0 Å². The smallest absolute Gasteiger partial charge is 0.127 e. The van der Waals surface area contributed by atoms with Crippen LogP contribution in [0.1, 0.15) is 19.4 Å². The van der Waals surface area contributed by atoms with Crippen molar-refractivity contribution < 1.29 is 4.39 Å². The summed E-state index contributed by atoms with van der Waals surface area (Å²) in [5, 5.41) is 0. The number of nitrogens with two attached hydrogens (primary N) is 1. The monoisotopic (exact) mass is 224 g/mol. The first-order chi connectivity index (χ1) is 7.44. The number of rotatable bonds is 5. The maximum Gasteiger partial charge on any atom is 0.127 e. The second-order valence-electron chi connectivity index (χ2n) is 5.13. The van der Waals surface area contributed by atoms with Gasteiger partial charge in [0.25, 0.3) is 0 Å². The molecule has 0 unspecified atom stereocenters. The first kappa shape index (κ1) is 13.1. The first-order valence-electron chi connectivity index (χ1n) is 5.56. The van der Waals surface area contributed by atoms with Crippen molar-refractivity contribution in [1.82, 2.24) is 4.90 Å². The molecule has 0 radical (unpaired) electrons. The molecule has 1 aromatic carbocycles. The van der Waals surface area contributed by atoms with Gasteiger partial charge in [-0.3, -0.25) is 0 Å². The second-order valence-corrected chi connectivity index (χ2v) is 5.13. The fraction of sp³-hybridized carbons (Fsp3) is 0.538. The highest BCUT2D eigenvalue weighted by Gasteiger charge is 2.18. The average molecular weight is 224 g/mol. The highest BCUT2D eigenvalue weighted by atomic mass is 19.1. The van der Waals surface area contributed by atoms with E-state index in [1.165, 1.54) is 6.07 Å². The van der Waals surface area contributed by atoms with E-state index in [0.717, 1.165) is 12.1 Å². The van der Waals surface area contributed by atoms with Gasteiger partial charge in [0.1, 0.15) is 5.82 Å². The SMILES string of the molecule is CN(Cc1ccccc1F)CC(C)(C)CN. The summed E-state index contributed by atoms with van der Waals surface area (Å²) in [5.74, 6) is -0.139. The van der Waals surface area contributed by atoms with Gasteiger partial charge < -0.3 is 10.6 Å². The molecule has 0 fully saturated rings. The Hall–Kier alpha value is -0.930. The standard InChI is InChI=1S/C13H21FN2/c1-13(2,9-15)10-16(3)8-11-6-4-5-7-12(11)14/h4-7H,8-10,15H2,1-3H3. The molecule has 2 nitrogen and oxygen atoms in total. The molecule has 2 N–H and O–H groups in total. The van der Waals surface area contributed by atoms with Crippen LogP contribution in [0, 0.1) is 11.2 Å². The van der Waals surface area contributed by atoms with E-state index < -0.39 is 0 Å². The van der Waals surface area contributed by atoms with Crippen molar-refractivity contribution in [2.24, 2.45) is 11.1 Å².